The molecular formula is C2H14OSi4. The summed E-state index contributed by atoms with van der Waals surface area (Å²) in [5.74, 6) is 0. The Labute approximate surface area is 56.4 Å². The van der Waals surface area contributed by atoms with Crippen LogP contribution >= 0.6 is 0 Å². The zero-order chi connectivity index (χ0) is 5.91. The van der Waals surface area contributed by atoms with Gasteiger partial charge in [0.25, 0.3) is 0 Å². The predicted molar refractivity (Wildman–Crippen MR) is 48.1 cm³/mol. The van der Waals surface area contributed by atoms with Crippen molar-refractivity contribution in [3.05, 3.63) is 0 Å². The largest absolute Gasteiger partial charge is 0.427 e. The second-order valence-electron chi connectivity index (χ2n) is 2.99. The molecule has 0 atom stereocenters. The molecule has 0 aromatic carbocycles. The maximum Gasteiger partial charge on any atom is 0.157 e. The van der Waals surface area contributed by atoms with Crippen molar-refractivity contribution >= 4 is 40.5 Å². The van der Waals surface area contributed by atoms with E-state index in [4.69, 9.17) is 4.43 Å². The quantitative estimate of drug-likeness (QED) is 0.379. The number of hydrogen-bond donors (Lipinski definition) is 0. The molecule has 0 aromatic heterocycles. The van der Waals surface area contributed by atoms with Crippen LogP contribution in [0.2, 0.25) is 3.91 Å². The first-order chi connectivity index (χ1) is 3.06. The molecule has 0 bridgehead atoms. The molecule has 0 heterocycles. The van der Waals surface area contributed by atoms with E-state index in [0.29, 0.717) is 0 Å². The molecule has 0 fully saturated rings. The monoisotopic (exact) mass is 166 g/mol. The highest BCUT2D eigenvalue weighted by Gasteiger charge is 2.09. The van der Waals surface area contributed by atoms with Crippen molar-refractivity contribution in [1.29, 1.82) is 0 Å². The average molecular weight is 166 g/mol. The summed E-state index contributed by atoms with van der Waals surface area (Å²) in [5.41, 5.74) is 0. The van der Waals surface area contributed by atoms with E-state index in [-0.39, 0.29) is 9.76 Å². The van der Waals surface area contributed by atoms with Gasteiger partial charge in [0.05, 0.1) is 0 Å². The molecule has 44 valence electrons. The summed E-state index contributed by atoms with van der Waals surface area (Å²) in [6.45, 7) is 0. The van der Waals surface area contributed by atoms with Crippen LogP contribution in [0, 0.1) is 0 Å². The van der Waals surface area contributed by atoms with Gasteiger partial charge in [-0.15, -0.1) is 0 Å². The van der Waals surface area contributed by atoms with Crippen molar-refractivity contribution in [3.8, 4) is 0 Å². The van der Waals surface area contributed by atoms with Gasteiger partial charge in [-0.05, 0) is 0 Å². The fourth-order valence-corrected chi connectivity index (χ4v) is 3.90. The molecule has 0 saturated carbocycles. The molecule has 0 aliphatic heterocycles. The van der Waals surface area contributed by atoms with E-state index in [1.807, 2.05) is 7.11 Å². The molecule has 0 saturated heterocycles. The van der Waals surface area contributed by atoms with Gasteiger partial charge in [-0.3, -0.25) is 0 Å². The van der Waals surface area contributed by atoms with Crippen molar-refractivity contribution in [2.45, 2.75) is 3.91 Å². The van der Waals surface area contributed by atoms with Gasteiger partial charge in [0.2, 0.25) is 0 Å². The van der Waals surface area contributed by atoms with Gasteiger partial charge in [-0.1, -0.05) is 3.91 Å². The Bertz CT molecular complexity index is 48.1. The van der Waals surface area contributed by atoms with Crippen molar-refractivity contribution < 1.29 is 4.43 Å². The molecule has 0 N–H and O–H groups in total. The molecule has 0 radical (unpaired) electrons. The summed E-state index contributed by atoms with van der Waals surface area (Å²) >= 11 is 0. The van der Waals surface area contributed by atoms with E-state index in [1.54, 1.807) is 0 Å². The number of rotatable bonds is 2. The first-order valence-corrected chi connectivity index (χ1v) is 6.83. The Kier molecular flexibility index (Phi) is 3.33. The predicted octanol–water partition coefficient (Wildman–Crippen LogP) is -4.16. The summed E-state index contributed by atoms with van der Waals surface area (Å²) < 4.78 is 6.03. The second-order valence-corrected chi connectivity index (χ2v) is 24.3. The normalized spacial score (nSPS) is 21.9. The SMILES string of the molecule is CO[SiH2]C([SiH3])([SiH3])[SiH3]. The summed E-state index contributed by atoms with van der Waals surface area (Å²) in [4.78, 5) is 0. The van der Waals surface area contributed by atoms with Crippen LogP contribution in [0.25, 0.3) is 0 Å². The van der Waals surface area contributed by atoms with E-state index < -0.39 is 0 Å². The Morgan fingerprint density at radius 3 is 1.86 bits per heavy atom. The van der Waals surface area contributed by atoms with Gasteiger partial charge in [0.1, 0.15) is 0 Å². The van der Waals surface area contributed by atoms with Crippen LogP contribution in [0.15, 0.2) is 0 Å². The summed E-state index contributed by atoms with van der Waals surface area (Å²) in [5, 5.41) is 0. The fraction of sp³-hybridized carbons (Fsp3) is 1.00. The maximum absolute atomic E-state index is 5.15. The molecule has 0 spiro atoms. The third-order valence-corrected chi connectivity index (χ3v) is 4.33. The van der Waals surface area contributed by atoms with Crippen LogP contribution in [0.3, 0.4) is 0 Å². The van der Waals surface area contributed by atoms with E-state index in [2.05, 4.69) is 0 Å². The molecule has 7 heavy (non-hydrogen) atoms. The first kappa shape index (κ1) is 7.83. The standard InChI is InChI=1S/C2H14OSi4/c1-3-7-2(4,5)6/h7H2,1,4-6H3. The lowest BCUT2D eigenvalue weighted by Gasteiger charge is -2.13. The molecule has 1 nitrogen and oxygen atoms in total. The minimum absolute atomic E-state index is 0.0548. The Morgan fingerprint density at radius 2 is 1.86 bits per heavy atom. The fourth-order valence-electron chi connectivity index (χ4n) is 0.433. The minimum atomic E-state index is -0.0548. The van der Waals surface area contributed by atoms with Crippen LogP contribution < -0.4 is 0 Å². The van der Waals surface area contributed by atoms with E-state index in [9.17, 15) is 0 Å². The van der Waals surface area contributed by atoms with Crippen molar-refractivity contribution in [2.75, 3.05) is 7.11 Å². The van der Waals surface area contributed by atoms with Crippen LogP contribution in [-0.2, 0) is 4.43 Å². The van der Waals surface area contributed by atoms with Crippen molar-refractivity contribution in [2.24, 2.45) is 0 Å². The van der Waals surface area contributed by atoms with E-state index in [1.165, 1.54) is 30.7 Å². The first-order valence-electron chi connectivity index (χ1n) is 2.55. The lowest BCUT2D eigenvalue weighted by Crippen LogP contribution is -2.22. The van der Waals surface area contributed by atoms with Crippen molar-refractivity contribution in [3.63, 3.8) is 0 Å². The molecule has 5 heteroatoms. The molecule has 0 rings (SSSR count). The van der Waals surface area contributed by atoms with E-state index in [0.717, 1.165) is 3.91 Å². The van der Waals surface area contributed by atoms with Crippen LogP contribution in [0.5, 0.6) is 0 Å². The minimum Gasteiger partial charge on any atom is -0.427 e. The molecule has 0 aliphatic carbocycles. The summed E-state index contributed by atoms with van der Waals surface area (Å²) in [7, 11) is 5.99. The van der Waals surface area contributed by atoms with Gasteiger partial charge in [-0.25, -0.2) is 0 Å². The third-order valence-electron chi connectivity index (χ3n) is 0.577. The van der Waals surface area contributed by atoms with Crippen LogP contribution in [0.4, 0.5) is 0 Å². The zero-order valence-corrected chi connectivity index (χ0v) is 13.0. The van der Waals surface area contributed by atoms with Gasteiger partial charge in [-0.2, -0.15) is 0 Å². The van der Waals surface area contributed by atoms with Gasteiger partial charge >= 0.3 is 0 Å². The lowest BCUT2D eigenvalue weighted by molar-refractivity contribution is 0.441. The molecular weight excluding hydrogens is 152 g/mol. The molecule has 0 aromatic rings. The van der Waals surface area contributed by atoms with Gasteiger partial charge < -0.3 is 4.43 Å². The number of hydrogen-bond acceptors (Lipinski definition) is 1. The maximum atomic E-state index is 5.15. The van der Waals surface area contributed by atoms with Crippen molar-refractivity contribution in [1.82, 2.24) is 0 Å². The Hall–Kier alpha value is 0.828. The third kappa shape index (κ3) is 6.83. The lowest BCUT2D eigenvalue weighted by atomic mass is 11.8. The van der Waals surface area contributed by atoms with Gasteiger partial charge in [0, 0.05) is 37.8 Å². The van der Waals surface area contributed by atoms with Gasteiger partial charge in [0.15, 0.2) is 9.76 Å². The summed E-state index contributed by atoms with van der Waals surface area (Å²) in [6.07, 6.45) is 0. The topological polar surface area (TPSA) is 9.23 Å². The highest BCUT2D eigenvalue weighted by Crippen LogP contribution is 2.02. The molecule has 0 amide bonds. The smallest absolute Gasteiger partial charge is 0.157 e. The average Bonchev–Trinajstić information content (AvgIpc) is 1.30. The Balaban J connectivity index is 3.15. The molecule has 0 aliphatic rings. The highest BCUT2D eigenvalue weighted by molar-refractivity contribution is 6.79. The second kappa shape index (κ2) is 2.98. The molecule has 0 unspecified atom stereocenters. The highest BCUT2D eigenvalue weighted by atomic mass is 28.4. The van der Waals surface area contributed by atoms with Crippen LogP contribution in [0.1, 0.15) is 0 Å². The van der Waals surface area contributed by atoms with Crippen LogP contribution in [-0.4, -0.2) is 47.6 Å². The summed E-state index contributed by atoms with van der Waals surface area (Å²) in [6, 6.07) is 0. The Morgan fingerprint density at radius 1 is 1.43 bits per heavy atom. The van der Waals surface area contributed by atoms with E-state index >= 15 is 0 Å². The zero-order valence-electron chi connectivity index (χ0n) is 5.62.